The molecule has 1 heterocycles. The highest BCUT2D eigenvalue weighted by atomic mass is 32.2. The van der Waals surface area contributed by atoms with Crippen LogP contribution in [0.2, 0.25) is 0 Å². The minimum Gasteiger partial charge on any atom is -0.309 e. The summed E-state index contributed by atoms with van der Waals surface area (Å²) in [5.41, 5.74) is 1.47. The predicted octanol–water partition coefficient (Wildman–Crippen LogP) is 4.70. The van der Waals surface area contributed by atoms with E-state index >= 15 is 0 Å². The summed E-state index contributed by atoms with van der Waals surface area (Å²) >= 11 is 3.87. The van der Waals surface area contributed by atoms with Crippen LogP contribution in [-0.4, -0.2) is 18.1 Å². The maximum absolute atomic E-state index is 3.69. The molecular weight excluding hydrogens is 258 g/mol. The lowest BCUT2D eigenvalue weighted by Gasteiger charge is -2.19. The highest BCUT2D eigenvalue weighted by Gasteiger charge is 2.13. The summed E-state index contributed by atoms with van der Waals surface area (Å²) in [5.74, 6) is 2.35. The van der Waals surface area contributed by atoms with E-state index in [1.165, 1.54) is 27.8 Å². The van der Waals surface area contributed by atoms with E-state index in [-0.39, 0.29) is 0 Å². The number of hydrogen-bond donors (Lipinski definition) is 1. The molecule has 1 aromatic carbocycles. The second-order valence-corrected chi connectivity index (χ2v) is 6.59. The predicted molar refractivity (Wildman–Crippen MR) is 85.9 cm³/mol. The molecule has 0 spiro atoms. The summed E-state index contributed by atoms with van der Waals surface area (Å²) in [4.78, 5) is 0. The third-order valence-electron chi connectivity index (χ3n) is 3.01. The van der Waals surface area contributed by atoms with Crippen LogP contribution in [0.15, 0.2) is 29.6 Å². The third-order valence-corrected chi connectivity index (χ3v) is 4.97. The van der Waals surface area contributed by atoms with Crippen molar-refractivity contribution in [3.05, 3.63) is 35.2 Å². The molecule has 98 valence electrons. The third kappa shape index (κ3) is 3.28. The van der Waals surface area contributed by atoms with Gasteiger partial charge in [0.2, 0.25) is 0 Å². The number of benzene rings is 1. The second-order valence-electron chi connectivity index (χ2n) is 4.35. The molecule has 18 heavy (non-hydrogen) atoms. The summed E-state index contributed by atoms with van der Waals surface area (Å²) in [6.07, 6.45) is 1.19. The molecule has 0 saturated carbocycles. The first-order valence-corrected chi connectivity index (χ1v) is 8.67. The van der Waals surface area contributed by atoms with Crippen molar-refractivity contribution in [3.63, 3.8) is 0 Å². The summed E-state index contributed by atoms with van der Waals surface area (Å²) in [5, 5.41) is 7.26. The molecule has 0 saturated heterocycles. The highest BCUT2D eigenvalue weighted by Crippen LogP contribution is 2.30. The Morgan fingerprint density at radius 3 is 2.94 bits per heavy atom. The lowest BCUT2D eigenvalue weighted by Crippen LogP contribution is -2.24. The van der Waals surface area contributed by atoms with E-state index in [1.807, 2.05) is 23.1 Å². The minimum atomic E-state index is 0.484. The van der Waals surface area contributed by atoms with Gasteiger partial charge >= 0.3 is 0 Å². The van der Waals surface area contributed by atoms with Crippen LogP contribution in [-0.2, 0) is 0 Å². The monoisotopic (exact) mass is 279 g/mol. The molecule has 1 unspecified atom stereocenters. The molecular formula is C15H21NS2. The Bertz CT molecular complexity index is 470. The van der Waals surface area contributed by atoms with E-state index in [0.717, 1.165) is 12.3 Å². The molecule has 1 nitrogen and oxygen atoms in total. The second kappa shape index (κ2) is 7.17. The van der Waals surface area contributed by atoms with Crippen molar-refractivity contribution in [2.45, 2.75) is 26.3 Å². The lowest BCUT2D eigenvalue weighted by atomic mass is 10.1. The van der Waals surface area contributed by atoms with Crippen LogP contribution >= 0.6 is 23.1 Å². The Hall–Kier alpha value is -0.510. The Kier molecular flexibility index (Phi) is 5.54. The van der Waals surface area contributed by atoms with Gasteiger partial charge in [0.1, 0.15) is 0 Å². The van der Waals surface area contributed by atoms with Gasteiger partial charge in [-0.1, -0.05) is 32.0 Å². The van der Waals surface area contributed by atoms with Crippen molar-refractivity contribution >= 4 is 33.2 Å². The van der Waals surface area contributed by atoms with Crippen LogP contribution in [0.1, 0.15) is 31.9 Å². The maximum atomic E-state index is 3.69. The maximum Gasteiger partial charge on any atom is 0.0426 e. The quantitative estimate of drug-likeness (QED) is 0.788. The molecule has 1 atom stereocenters. The van der Waals surface area contributed by atoms with E-state index < -0.39 is 0 Å². The summed E-state index contributed by atoms with van der Waals surface area (Å²) in [7, 11) is 0. The van der Waals surface area contributed by atoms with Gasteiger partial charge in [-0.15, -0.1) is 11.3 Å². The average molecular weight is 279 g/mol. The highest BCUT2D eigenvalue weighted by molar-refractivity contribution is 7.99. The molecule has 1 N–H and O–H groups in total. The van der Waals surface area contributed by atoms with Gasteiger partial charge in [-0.2, -0.15) is 11.8 Å². The summed E-state index contributed by atoms with van der Waals surface area (Å²) in [6, 6.07) is 9.37. The van der Waals surface area contributed by atoms with E-state index in [1.54, 1.807) is 0 Å². The van der Waals surface area contributed by atoms with Crippen LogP contribution in [0.5, 0.6) is 0 Å². The molecule has 2 aromatic rings. The average Bonchev–Trinajstić information content (AvgIpc) is 2.87. The van der Waals surface area contributed by atoms with Gasteiger partial charge in [0.15, 0.2) is 0 Å². The fourth-order valence-corrected chi connectivity index (χ4v) is 3.84. The fraction of sp³-hybridized carbons (Fsp3) is 0.467. The van der Waals surface area contributed by atoms with Gasteiger partial charge in [0.05, 0.1) is 0 Å². The van der Waals surface area contributed by atoms with Gasteiger partial charge in [0, 0.05) is 16.5 Å². The first kappa shape index (κ1) is 13.9. The lowest BCUT2D eigenvalue weighted by molar-refractivity contribution is 0.581. The molecule has 0 amide bonds. The number of fused-ring (bicyclic) bond motifs is 1. The van der Waals surface area contributed by atoms with Crippen LogP contribution in [0.25, 0.3) is 10.1 Å². The molecule has 0 fully saturated rings. The molecule has 0 aliphatic rings. The van der Waals surface area contributed by atoms with Crippen molar-refractivity contribution < 1.29 is 0 Å². The Balaban J connectivity index is 2.24. The molecule has 0 aliphatic heterocycles. The SMILES string of the molecule is CCCNC(CSCC)c1cccc2ccsc12. The van der Waals surface area contributed by atoms with Crippen molar-refractivity contribution in [1.29, 1.82) is 0 Å². The number of thiophene rings is 1. The molecule has 0 aliphatic carbocycles. The fourth-order valence-electron chi connectivity index (χ4n) is 2.10. The van der Waals surface area contributed by atoms with Crippen molar-refractivity contribution in [2.75, 3.05) is 18.1 Å². The Labute approximate surface area is 118 Å². The first-order chi connectivity index (χ1) is 8.86. The normalized spacial score (nSPS) is 13.0. The van der Waals surface area contributed by atoms with E-state index in [4.69, 9.17) is 0 Å². The zero-order valence-electron chi connectivity index (χ0n) is 11.1. The minimum absolute atomic E-state index is 0.484. The topological polar surface area (TPSA) is 12.0 Å². The summed E-state index contributed by atoms with van der Waals surface area (Å²) in [6.45, 7) is 5.55. The molecule has 1 aromatic heterocycles. The van der Waals surface area contributed by atoms with Crippen LogP contribution < -0.4 is 5.32 Å². The molecule has 0 bridgehead atoms. The van der Waals surface area contributed by atoms with E-state index in [2.05, 4.69) is 48.8 Å². The van der Waals surface area contributed by atoms with Crippen LogP contribution in [0.3, 0.4) is 0 Å². The van der Waals surface area contributed by atoms with Gasteiger partial charge in [0.25, 0.3) is 0 Å². The zero-order chi connectivity index (χ0) is 12.8. The van der Waals surface area contributed by atoms with Crippen molar-refractivity contribution in [2.24, 2.45) is 0 Å². The van der Waals surface area contributed by atoms with Crippen molar-refractivity contribution in [1.82, 2.24) is 5.32 Å². The molecule has 3 heteroatoms. The van der Waals surface area contributed by atoms with Crippen LogP contribution in [0, 0.1) is 0 Å². The van der Waals surface area contributed by atoms with Gasteiger partial charge < -0.3 is 5.32 Å². The summed E-state index contributed by atoms with van der Waals surface area (Å²) < 4.78 is 1.45. The van der Waals surface area contributed by atoms with Crippen LogP contribution in [0.4, 0.5) is 0 Å². The van der Waals surface area contributed by atoms with Gasteiger partial charge in [-0.3, -0.25) is 0 Å². The Morgan fingerprint density at radius 2 is 2.17 bits per heavy atom. The standard InChI is InChI=1S/C15H21NS2/c1-3-9-16-14(11-17-4-2)13-7-5-6-12-8-10-18-15(12)13/h5-8,10,14,16H,3-4,9,11H2,1-2H3. The van der Waals surface area contributed by atoms with Gasteiger partial charge in [-0.05, 0) is 41.1 Å². The van der Waals surface area contributed by atoms with E-state index in [0.29, 0.717) is 6.04 Å². The van der Waals surface area contributed by atoms with Gasteiger partial charge in [-0.25, -0.2) is 0 Å². The number of rotatable bonds is 7. The molecule has 2 rings (SSSR count). The Morgan fingerprint density at radius 1 is 1.28 bits per heavy atom. The smallest absolute Gasteiger partial charge is 0.0426 e. The zero-order valence-corrected chi connectivity index (χ0v) is 12.7. The first-order valence-electron chi connectivity index (χ1n) is 6.64. The molecule has 0 radical (unpaired) electrons. The number of nitrogens with one attached hydrogen (secondary N) is 1. The van der Waals surface area contributed by atoms with E-state index in [9.17, 15) is 0 Å². The number of hydrogen-bond acceptors (Lipinski definition) is 3. The number of thioether (sulfide) groups is 1. The van der Waals surface area contributed by atoms with Crippen molar-refractivity contribution in [3.8, 4) is 0 Å². The largest absolute Gasteiger partial charge is 0.309 e.